The molecule has 0 radical (unpaired) electrons. The smallest absolute Gasteiger partial charge is 0.0438 e. The Morgan fingerprint density at radius 3 is 2.42 bits per heavy atom. The zero-order valence-electron chi connectivity index (χ0n) is 11.5. The largest absolute Gasteiger partial charge is 0.310 e. The van der Waals surface area contributed by atoms with Crippen LogP contribution in [0.4, 0.5) is 0 Å². The molecule has 0 fully saturated rings. The summed E-state index contributed by atoms with van der Waals surface area (Å²) in [6.07, 6.45) is 0.915. The molecular weight excluding hydrogens is 254 g/mol. The lowest BCUT2D eigenvalue weighted by Gasteiger charge is -2.21. The van der Waals surface area contributed by atoms with Gasteiger partial charge in [0.1, 0.15) is 0 Å². The van der Waals surface area contributed by atoms with Gasteiger partial charge in [-0.1, -0.05) is 61.0 Å². The van der Waals surface area contributed by atoms with E-state index < -0.39 is 0 Å². The van der Waals surface area contributed by atoms with Crippen molar-refractivity contribution in [2.24, 2.45) is 0 Å². The summed E-state index contributed by atoms with van der Waals surface area (Å²) in [4.78, 5) is 0. The highest BCUT2D eigenvalue weighted by Gasteiger charge is 2.14. The summed E-state index contributed by atoms with van der Waals surface area (Å²) in [6.45, 7) is 5.24. The van der Waals surface area contributed by atoms with E-state index in [0.717, 1.165) is 18.0 Å². The maximum absolute atomic E-state index is 6.27. The molecule has 0 aliphatic heterocycles. The van der Waals surface area contributed by atoms with Crippen molar-refractivity contribution in [1.29, 1.82) is 0 Å². The SMILES string of the molecule is CCNC(Cc1ccccc1Cl)c1ccccc1C. The second-order valence-corrected chi connectivity index (χ2v) is 5.17. The standard InChI is InChI=1S/C17H20ClN/c1-3-19-17(15-10-6-4-8-13(15)2)12-14-9-5-7-11-16(14)18/h4-11,17,19H,3,12H2,1-2H3. The minimum Gasteiger partial charge on any atom is -0.310 e. The Morgan fingerprint density at radius 2 is 1.74 bits per heavy atom. The van der Waals surface area contributed by atoms with Crippen molar-refractivity contribution in [3.05, 3.63) is 70.2 Å². The highest BCUT2D eigenvalue weighted by molar-refractivity contribution is 6.31. The molecule has 2 aromatic carbocycles. The monoisotopic (exact) mass is 273 g/mol. The molecule has 1 atom stereocenters. The minimum atomic E-state index is 0.311. The molecule has 0 aromatic heterocycles. The van der Waals surface area contributed by atoms with Crippen molar-refractivity contribution in [2.45, 2.75) is 26.3 Å². The first-order chi connectivity index (χ1) is 9.22. The maximum Gasteiger partial charge on any atom is 0.0438 e. The zero-order chi connectivity index (χ0) is 13.7. The Hall–Kier alpha value is -1.31. The Bertz CT molecular complexity index is 536. The van der Waals surface area contributed by atoms with Gasteiger partial charge in [-0.25, -0.2) is 0 Å². The topological polar surface area (TPSA) is 12.0 Å². The second kappa shape index (κ2) is 6.74. The van der Waals surface area contributed by atoms with Crippen LogP contribution in [-0.2, 0) is 6.42 Å². The van der Waals surface area contributed by atoms with E-state index in [2.05, 4.69) is 49.5 Å². The average Bonchev–Trinajstić information content (AvgIpc) is 2.41. The molecule has 2 aromatic rings. The molecule has 2 rings (SSSR count). The van der Waals surface area contributed by atoms with Crippen molar-refractivity contribution in [1.82, 2.24) is 5.32 Å². The summed E-state index contributed by atoms with van der Waals surface area (Å²) in [7, 11) is 0. The Morgan fingerprint density at radius 1 is 1.05 bits per heavy atom. The molecule has 1 nitrogen and oxygen atoms in total. The van der Waals surface area contributed by atoms with Crippen LogP contribution < -0.4 is 5.32 Å². The molecule has 0 heterocycles. The molecule has 100 valence electrons. The number of halogens is 1. The molecule has 0 saturated carbocycles. The Kier molecular flexibility index (Phi) is 5.00. The van der Waals surface area contributed by atoms with Gasteiger partial charge in [0.05, 0.1) is 0 Å². The summed E-state index contributed by atoms with van der Waals surface area (Å²) in [5, 5.41) is 4.40. The highest BCUT2D eigenvalue weighted by atomic mass is 35.5. The van der Waals surface area contributed by atoms with Crippen LogP contribution >= 0.6 is 11.6 Å². The molecule has 1 N–H and O–H groups in total. The van der Waals surface area contributed by atoms with Gasteiger partial charge in [-0.15, -0.1) is 0 Å². The summed E-state index contributed by atoms with van der Waals surface area (Å²) < 4.78 is 0. The Labute approximate surface area is 120 Å². The fraction of sp³-hybridized carbons (Fsp3) is 0.294. The van der Waals surface area contributed by atoms with Crippen molar-refractivity contribution in [3.63, 3.8) is 0 Å². The number of aryl methyl sites for hydroxylation is 1. The van der Waals surface area contributed by atoms with Gasteiger partial charge < -0.3 is 5.32 Å². The van der Waals surface area contributed by atoms with Gasteiger partial charge in [-0.3, -0.25) is 0 Å². The predicted molar refractivity (Wildman–Crippen MR) is 82.8 cm³/mol. The minimum absolute atomic E-state index is 0.311. The normalized spacial score (nSPS) is 12.4. The number of nitrogens with one attached hydrogen (secondary N) is 1. The van der Waals surface area contributed by atoms with E-state index in [4.69, 9.17) is 11.6 Å². The molecule has 0 saturated heterocycles. The Balaban J connectivity index is 2.27. The third kappa shape index (κ3) is 3.59. The first-order valence-corrected chi connectivity index (χ1v) is 7.12. The number of rotatable bonds is 5. The van der Waals surface area contributed by atoms with Gasteiger partial charge in [0.2, 0.25) is 0 Å². The highest BCUT2D eigenvalue weighted by Crippen LogP contribution is 2.25. The average molecular weight is 274 g/mol. The number of likely N-dealkylation sites (N-methyl/N-ethyl adjacent to an activating group) is 1. The molecule has 19 heavy (non-hydrogen) atoms. The van der Waals surface area contributed by atoms with E-state index in [1.54, 1.807) is 0 Å². The lowest BCUT2D eigenvalue weighted by molar-refractivity contribution is 0.547. The van der Waals surface area contributed by atoms with Crippen LogP contribution in [0.1, 0.15) is 29.7 Å². The van der Waals surface area contributed by atoms with Gasteiger partial charge in [-0.05, 0) is 42.6 Å². The van der Waals surface area contributed by atoms with Gasteiger partial charge >= 0.3 is 0 Å². The zero-order valence-corrected chi connectivity index (χ0v) is 12.2. The van der Waals surface area contributed by atoms with Crippen molar-refractivity contribution < 1.29 is 0 Å². The predicted octanol–water partition coefficient (Wildman–Crippen LogP) is 4.54. The van der Waals surface area contributed by atoms with Crippen LogP contribution in [0, 0.1) is 6.92 Å². The molecule has 0 bridgehead atoms. The summed E-state index contributed by atoms with van der Waals surface area (Å²) in [5.41, 5.74) is 3.86. The number of hydrogen-bond acceptors (Lipinski definition) is 1. The molecular formula is C17H20ClN. The first kappa shape index (κ1) is 14.1. The van der Waals surface area contributed by atoms with Crippen LogP contribution in [0.15, 0.2) is 48.5 Å². The number of benzene rings is 2. The van der Waals surface area contributed by atoms with E-state index in [1.165, 1.54) is 16.7 Å². The lowest BCUT2D eigenvalue weighted by Crippen LogP contribution is -2.23. The molecule has 0 aliphatic rings. The second-order valence-electron chi connectivity index (χ2n) is 4.76. The van der Waals surface area contributed by atoms with Crippen LogP contribution in [0.25, 0.3) is 0 Å². The van der Waals surface area contributed by atoms with E-state index in [-0.39, 0.29) is 0 Å². The summed E-state index contributed by atoms with van der Waals surface area (Å²) in [5.74, 6) is 0. The van der Waals surface area contributed by atoms with Crippen LogP contribution in [-0.4, -0.2) is 6.54 Å². The van der Waals surface area contributed by atoms with E-state index in [9.17, 15) is 0 Å². The van der Waals surface area contributed by atoms with Crippen molar-refractivity contribution in [3.8, 4) is 0 Å². The van der Waals surface area contributed by atoms with E-state index >= 15 is 0 Å². The molecule has 2 heteroatoms. The molecule has 0 amide bonds. The fourth-order valence-corrected chi connectivity index (χ4v) is 2.61. The van der Waals surface area contributed by atoms with E-state index in [0.29, 0.717) is 6.04 Å². The van der Waals surface area contributed by atoms with Crippen LogP contribution in [0.3, 0.4) is 0 Å². The van der Waals surface area contributed by atoms with Crippen LogP contribution in [0.5, 0.6) is 0 Å². The van der Waals surface area contributed by atoms with Gasteiger partial charge in [-0.2, -0.15) is 0 Å². The van der Waals surface area contributed by atoms with E-state index in [1.807, 2.05) is 18.2 Å². The summed E-state index contributed by atoms with van der Waals surface area (Å²) in [6, 6.07) is 16.9. The van der Waals surface area contributed by atoms with Crippen molar-refractivity contribution >= 4 is 11.6 Å². The number of hydrogen-bond donors (Lipinski definition) is 1. The third-order valence-electron chi connectivity index (χ3n) is 3.40. The van der Waals surface area contributed by atoms with Crippen molar-refractivity contribution in [2.75, 3.05) is 6.54 Å². The summed E-state index contributed by atoms with van der Waals surface area (Å²) >= 11 is 6.27. The van der Waals surface area contributed by atoms with Gasteiger partial charge in [0.15, 0.2) is 0 Å². The van der Waals surface area contributed by atoms with Crippen LogP contribution in [0.2, 0.25) is 5.02 Å². The molecule has 0 spiro atoms. The fourth-order valence-electron chi connectivity index (χ4n) is 2.40. The third-order valence-corrected chi connectivity index (χ3v) is 3.77. The van der Waals surface area contributed by atoms with Gasteiger partial charge in [0, 0.05) is 11.1 Å². The quantitative estimate of drug-likeness (QED) is 0.843. The van der Waals surface area contributed by atoms with Gasteiger partial charge in [0.25, 0.3) is 0 Å². The first-order valence-electron chi connectivity index (χ1n) is 6.74. The molecule has 1 unspecified atom stereocenters. The maximum atomic E-state index is 6.27. The lowest BCUT2D eigenvalue weighted by atomic mass is 9.95. The molecule has 0 aliphatic carbocycles.